The highest BCUT2D eigenvalue weighted by Gasteiger charge is 2.18. The number of hydrogen-bond acceptors (Lipinski definition) is 2. The lowest BCUT2D eigenvalue weighted by atomic mass is 9.94. The second kappa shape index (κ2) is 13.2. The maximum absolute atomic E-state index is 13.9. The maximum atomic E-state index is 13.9. The molecule has 258 valence electrons. The highest BCUT2D eigenvalue weighted by Crippen LogP contribution is 2.38. The van der Waals surface area contributed by atoms with E-state index < -0.39 is 0 Å². The third-order valence-electron chi connectivity index (χ3n) is 10.8. The van der Waals surface area contributed by atoms with E-state index in [0.29, 0.717) is 22.3 Å². The topological polar surface area (TPSA) is 39.1 Å². The lowest BCUT2D eigenvalue weighted by molar-refractivity contribution is 0.103. The van der Waals surface area contributed by atoms with Crippen molar-refractivity contribution in [3.05, 3.63) is 222 Å². The molecule has 0 amide bonds. The Balaban J connectivity index is 1.09. The van der Waals surface area contributed by atoms with E-state index in [4.69, 9.17) is 0 Å². The molecule has 3 nitrogen and oxygen atoms in total. The van der Waals surface area contributed by atoms with Gasteiger partial charge in [0.1, 0.15) is 0 Å². The first-order chi connectivity index (χ1) is 27.1. The van der Waals surface area contributed by atoms with E-state index in [2.05, 4.69) is 77.4 Å². The first-order valence-corrected chi connectivity index (χ1v) is 18.5. The van der Waals surface area contributed by atoms with Crippen LogP contribution >= 0.6 is 0 Å². The van der Waals surface area contributed by atoms with Gasteiger partial charge >= 0.3 is 0 Å². The number of para-hydroxylation sites is 1. The molecule has 0 spiro atoms. The summed E-state index contributed by atoms with van der Waals surface area (Å²) in [6, 6.07) is 67.3. The SMILES string of the molecule is O=C(c1cccc(-c2ccc3c(c2)c2cc(-c4cccc(C(=O)c5cccc6ccccc56)c4)ccc2n3-c2ccccc2)c1)c1cccc2ccccc12. The second-order valence-corrected chi connectivity index (χ2v) is 14.0. The van der Waals surface area contributed by atoms with Crippen LogP contribution < -0.4 is 0 Å². The van der Waals surface area contributed by atoms with Crippen LogP contribution in [0.25, 0.3) is 71.3 Å². The largest absolute Gasteiger partial charge is 0.309 e. The summed E-state index contributed by atoms with van der Waals surface area (Å²) < 4.78 is 2.30. The summed E-state index contributed by atoms with van der Waals surface area (Å²) >= 11 is 0. The van der Waals surface area contributed by atoms with Gasteiger partial charge in [0.15, 0.2) is 11.6 Å². The summed E-state index contributed by atoms with van der Waals surface area (Å²) in [6.45, 7) is 0. The number of nitrogens with zero attached hydrogens (tertiary/aromatic N) is 1. The minimum absolute atomic E-state index is 0.00575. The molecule has 10 aromatic rings. The number of carbonyl (C=O) groups is 2. The smallest absolute Gasteiger partial charge is 0.193 e. The zero-order valence-corrected chi connectivity index (χ0v) is 29.8. The number of ketones is 2. The molecule has 1 aromatic heterocycles. The van der Waals surface area contributed by atoms with Crippen LogP contribution in [0.5, 0.6) is 0 Å². The summed E-state index contributed by atoms with van der Waals surface area (Å²) in [5.41, 5.74) is 9.97. The summed E-state index contributed by atoms with van der Waals surface area (Å²) in [5, 5.41) is 6.21. The van der Waals surface area contributed by atoms with Crippen LogP contribution in [0.4, 0.5) is 0 Å². The number of hydrogen-bond donors (Lipinski definition) is 0. The summed E-state index contributed by atoms with van der Waals surface area (Å²) in [7, 11) is 0. The van der Waals surface area contributed by atoms with Crippen LogP contribution in [0.3, 0.4) is 0 Å². The maximum Gasteiger partial charge on any atom is 0.193 e. The van der Waals surface area contributed by atoms with Crippen LogP contribution in [0.2, 0.25) is 0 Å². The monoisotopic (exact) mass is 703 g/mol. The first-order valence-electron chi connectivity index (χ1n) is 18.5. The molecule has 1 heterocycles. The fraction of sp³-hybridized carbons (Fsp3) is 0. The molecular weight excluding hydrogens is 671 g/mol. The quantitative estimate of drug-likeness (QED) is 0.155. The molecule has 0 fully saturated rings. The third-order valence-corrected chi connectivity index (χ3v) is 10.8. The van der Waals surface area contributed by atoms with Crippen molar-refractivity contribution in [2.75, 3.05) is 0 Å². The average Bonchev–Trinajstić information content (AvgIpc) is 3.59. The van der Waals surface area contributed by atoms with Gasteiger partial charge in [-0.3, -0.25) is 9.59 Å². The Hall–Kier alpha value is -7.36. The Morgan fingerprint density at radius 1 is 0.327 bits per heavy atom. The molecule has 0 aliphatic heterocycles. The number of benzene rings is 9. The van der Waals surface area contributed by atoms with Crippen LogP contribution in [0.15, 0.2) is 200 Å². The molecule has 0 atom stereocenters. The number of carbonyl (C=O) groups excluding carboxylic acids is 2. The van der Waals surface area contributed by atoms with Gasteiger partial charge in [-0.15, -0.1) is 0 Å². The predicted molar refractivity (Wildman–Crippen MR) is 226 cm³/mol. The Morgan fingerprint density at radius 2 is 0.745 bits per heavy atom. The molecule has 0 unspecified atom stereocenters. The molecule has 0 N–H and O–H groups in total. The minimum Gasteiger partial charge on any atom is -0.309 e. The van der Waals surface area contributed by atoms with Crippen molar-refractivity contribution in [2.45, 2.75) is 0 Å². The van der Waals surface area contributed by atoms with Gasteiger partial charge in [0.2, 0.25) is 0 Å². The van der Waals surface area contributed by atoms with Crippen LogP contribution in [-0.4, -0.2) is 16.1 Å². The third kappa shape index (κ3) is 5.62. The van der Waals surface area contributed by atoms with Crippen LogP contribution in [0, 0.1) is 0 Å². The fourth-order valence-electron chi connectivity index (χ4n) is 8.08. The van der Waals surface area contributed by atoms with E-state index in [0.717, 1.165) is 71.3 Å². The van der Waals surface area contributed by atoms with Gasteiger partial charge < -0.3 is 4.57 Å². The minimum atomic E-state index is 0.00575. The van der Waals surface area contributed by atoms with E-state index >= 15 is 0 Å². The molecule has 0 saturated carbocycles. The van der Waals surface area contributed by atoms with Gasteiger partial charge in [-0.1, -0.05) is 152 Å². The number of aromatic nitrogens is 1. The standard InChI is InChI=1S/C52H33NO2/c54-51(45-24-10-14-34-12-4-6-22-43(34)45)40-18-8-16-36(30-40)38-26-28-49-47(32-38)48-33-39(27-29-50(48)53(49)42-20-2-1-3-21-42)37-17-9-19-41(31-37)52(55)46-25-11-15-35-13-5-7-23-44(35)46/h1-33H. The van der Waals surface area contributed by atoms with E-state index in [9.17, 15) is 9.59 Å². The normalized spacial score (nSPS) is 11.4. The van der Waals surface area contributed by atoms with Gasteiger partial charge in [-0.05, 0) is 92.3 Å². The molecule has 0 radical (unpaired) electrons. The predicted octanol–water partition coefficient (Wildman–Crippen LogP) is 12.9. The van der Waals surface area contributed by atoms with Gasteiger partial charge in [0, 0.05) is 38.7 Å². The van der Waals surface area contributed by atoms with E-state index in [-0.39, 0.29) is 11.6 Å². The van der Waals surface area contributed by atoms with Crippen molar-refractivity contribution in [2.24, 2.45) is 0 Å². The zero-order chi connectivity index (χ0) is 36.9. The summed E-state index contributed by atoms with van der Waals surface area (Å²) in [6.07, 6.45) is 0. The zero-order valence-electron chi connectivity index (χ0n) is 29.8. The van der Waals surface area contributed by atoms with Crippen molar-refractivity contribution in [1.82, 2.24) is 4.57 Å². The highest BCUT2D eigenvalue weighted by molar-refractivity contribution is 6.18. The Morgan fingerprint density at radius 3 is 1.25 bits per heavy atom. The van der Waals surface area contributed by atoms with E-state index in [1.807, 2.05) is 127 Å². The van der Waals surface area contributed by atoms with Crippen molar-refractivity contribution < 1.29 is 9.59 Å². The van der Waals surface area contributed by atoms with Crippen molar-refractivity contribution in [1.29, 1.82) is 0 Å². The lowest BCUT2D eigenvalue weighted by Crippen LogP contribution is -2.02. The van der Waals surface area contributed by atoms with Crippen LogP contribution in [-0.2, 0) is 0 Å². The van der Waals surface area contributed by atoms with Gasteiger partial charge in [-0.25, -0.2) is 0 Å². The Kier molecular flexibility index (Phi) is 7.78. The first kappa shape index (κ1) is 32.3. The van der Waals surface area contributed by atoms with E-state index in [1.54, 1.807) is 0 Å². The molecule has 9 aromatic carbocycles. The molecule has 0 saturated heterocycles. The molecule has 10 rings (SSSR count). The Bertz CT molecular complexity index is 2930. The van der Waals surface area contributed by atoms with Crippen molar-refractivity contribution >= 4 is 54.9 Å². The van der Waals surface area contributed by atoms with Crippen LogP contribution in [0.1, 0.15) is 31.8 Å². The molecule has 55 heavy (non-hydrogen) atoms. The average molecular weight is 704 g/mol. The lowest BCUT2D eigenvalue weighted by Gasteiger charge is -2.10. The van der Waals surface area contributed by atoms with E-state index in [1.165, 1.54) is 0 Å². The molecule has 0 bridgehead atoms. The molecule has 0 aliphatic rings. The van der Waals surface area contributed by atoms with Gasteiger partial charge in [0.05, 0.1) is 11.0 Å². The Labute approximate surface area is 318 Å². The highest BCUT2D eigenvalue weighted by atomic mass is 16.1. The van der Waals surface area contributed by atoms with Gasteiger partial charge in [0.25, 0.3) is 0 Å². The van der Waals surface area contributed by atoms with Crippen molar-refractivity contribution in [3.63, 3.8) is 0 Å². The van der Waals surface area contributed by atoms with Crippen molar-refractivity contribution in [3.8, 4) is 27.9 Å². The van der Waals surface area contributed by atoms with Gasteiger partial charge in [-0.2, -0.15) is 0 Å². The summed E-state index contributed by atoms with van der Waals surface area (Å²) in [5.74, 6) is 0.0115. The molecular formula is C52H33NO2. The molecule has 3 heteroatoms. The second-order valence-electron chi connectivity index (χ2n) is 14.0. The number of rotatable bonds is 7. The summed E-state index contributed by atoms with van der Waals surface area (Å²) in [4.78, 5) is 27.9. The molecule has 0 aliphatic carbocycles. The number of fused-ring (bicyclic) bond motifs is 5. The fourth-order valence-corrected chi connectivity index (χ4v) is 8.08.